The van der Waals surface area contributed by atoms with Gasteiger partial charge in [0.2, 0.25) is 0 Å². The molecule has 2 atom stereocenters. The van der Waals surface area contributed by atoms with Crippen LogP contribution in [0.5, 0.6) is 0 Å². The van der Waals surface area contributed by atoms with Crippen molar-refractivity contribution in [2.45, 2.75) is 157 Å². The molecule has 25 heteroatoms. The molecular formula is C79H90Cl4F4N12O5. The Balaban J connectivity index is 0.000000168. The molecule has 0 unspecified atom stereocenters. The van der Waals surface area contributed by atoms with E-state index in [4.69, 9.17) is 46.4 Å². The third-order valence-corrected chi connectivity index (χ3v) is 21.9. The average molecular weight is 1510 g/mol. The summed E-state index contributed by atoms with van der Waals surface area (Å²) in [6, 6.07) is 41.9. The number of hydrogen-bond acceptors (Lipinski definition) is 11. The second-order valence-electron chi connectivity index (χ2n) is 28.1. The molecule has 0 spiro atoms. The van der Waals surface area contributed by atoms with Crippen molar-refractivity contribution in [3.05, 3.63) is 192 Å². The molecule has 3 heterocycles. The van der Waals surface area contributed by atoms with Crippen LogP contribution in [0, 0.1) is 39.8 Å². The van der Waals surface area contributed by atoms with Gasteiger partial charge in [-0.2, -0.15) is 29.0 Å². The Bertz CT molecular complexity index is 3970. The highest BCUT2D eigenvalue weighted by molar-refractivity contribution is 6.35. The highest BCUT2D eigenvalue weighted by Gasteiger charge is 2.37. The summed E-state index contributed by atoms with van der Waals surface area (Å²) in [6.07, 6.45) is 9.02. The van der Waals surface area contributed by atoms with E-state index in [1.807, 2.05) is 64.4 Å². The van der Waals surface area contributed by atoms with Crippen LogP contribution < -0.4 is 16.0 Å². The summed E-state index contributed by atoms with van der Waals surface area (Å²) in [4.78, 5) is 52.3. The van der Waals surface area contributed by atoms with Crippen molar-refractivity contribution in [2.24, 2.45) is 0 Å². The zero-order valence-corrected chi connectivity index (χ0v) is 61.2. The van der Waals surface area contributed by atoms with Gasteiger partial charge in [0.25, 0.3) is 0 Å². The SMILES string of the molecule is N#Cc1cccc(C2CCC(N(CCN3CCCC3)C(=O)Nc3cc(Cl)cc(Cl)c3)CC2)c1.N#Cc1cccc(C2CCC(N(CCN3CC[C@@H](O)C3)C(=O)Nc3ccc(F)c(C(F)(F)F)c3)CC2)c1.N#Cc1cccc(C2CCC(N(CCN3CC[C@H](O)C3)C(=O)Nc3cc(Cl)cc(Cl)c3)CC2)c1. The van der Waals surface area contributed by atoms with E-state index in [1.54, 1.807) is 47.4 Å². The van der Waals surface area contributed by atoms with Gasteiger partial charge in [-0.1, -0.05) is 82.8 Å². The largest absolute Gasteiger partial charge is 0.419 e. The number of halogens is 8. The first kappa shape index (κ1) is 78.9. The number of nitriles is 3. The van der Waals surface area contributed by atoms with E-state index < -0.39 is 29.7 Å². The molecule has 3 saturated carbocycles. The number of amides is 6. The molecule has 6 amide bonds. The molecule has 0 radical (unpaired) electrons. The third kappa shape index (κ3) is 22.9. The molecule has 17 nitrogen and oxygen atoms in total. The number of aliphatic hydroxyl groups is 2. The second-order valence-corrected chi connectivity index (χ2v) is 29.9. The highest BCUT2D eigenvalue weighted by Crippen LogP contribution is 2.40. The Morgan fingerprint density at radius 1 is 0.442 bits per heavy atom. The van der Waals surface area contributed by atoms with E-state index in [-0.39, 0.29) is 47.9 Å². The van der Waals surface area contributed by atoms with Gasteiger partial charge in [0.05, 0.1) is 52.7 Å². The van der Waals surface area contributed by atoms with Gasteiger partial charge >= 0.3 is 24.3 Å². The molecule has 6 aliphatic rings. The molecule has 5 N–H and O–H groups in total. The van der Waals surface area contributed by atoms with E-state index in [2.05, 4.69) is 61.0 Å². The van der Waals surface area contributed by atoms with Crippen molar-refractivity contribution in [1.82, 2.24) is 29.4 Å². The standard InChI is InChI=1S/C27H30F4N4O2.C26H30Cl2N4O2.C26H30Cl2N4O/c28-25-9-6-21(15-24(25)27(29,30)31)33-26(37)35(13-12-34-11-10-23(36)17-34)22-7-4-19(5-8-22)20-3-1-2-18(14-20)16-32;27-21-13-22(28)15-23(14-21)30-26(34)32(11-10-31-9-8-25(33)17-31)24-6-4-19(5-7-24)20-3-1-2-18(12-20)16-29;27-22-15-23(28)17-24(16-22)30-26(33)32(13-12-31-10-1-2-11-31)25-8-6-20(7-9-25)21-5-3-4-19(14-21)18-29/h1-3,6,9,14-15,19,22-23,36H,4-5,7-8,10-13,17H2,(H,33,37);1-3,12-15,19,24-25,33H,4-11,17H2,(H,30,34);3-5,14-17,20,25H,1-2,6-13H2,(H,30,33)/t19?,22?,23-;19?,24?,25-;/m10./s1. The van der Waals surface area contributed by atoms with Crippen LogP contribution in [0.25, 0.3) is 0 Å². The molecule has 12 rings (SSSR count). The number of nitrogens with zero attached hydrogens (tertiary/aromatic N) is 9. The molecule has 3 aliphatic heterocycles. The fourth-order valence-electron chi connectivity index (χ4n) is 15.5. The van der Waals surface area contributed by atoms with Crippen LogP contribution in [0.1, 0.15) is 159 Å². The molecule has 3 aliphatic carbocycles. The van der Waals surface area contributed by atoms with Gasteiger partial charge in [0.15, 0.2) is 0 Å². The number of carbonyl (C=O) groups excluding carboxylic acids is 3. The van der Waals surface area contributed by atoms with Crippen LogP contribution >= 0.6 is 46.4 Å². The number of β-amino-alcohol motifs (C(OH)–C–C–N with tert-alkyl or cyclic N) is 2. The maximum Gasteiger partial charge on any atom is 0.419 e. The quantitative estimate of drug-likeness (QED) is 0.0510. The lowest BCUT2D eigenvalue weighted by molar-refractivity contribution is -0.139. The van der Waals surface area contributed by atoms with Crippen molar-refractivity contribution in [3.8, 4) is 18.2 Å². The summed E-state index contributed by atoms with van der Waals surface area (Å²) in [6.45, 7) is 8.77. The lowest BCUT2D eigenvalue weighted by atomic mass is 9.81. The van der Waals surface area contributed by atoms with E-state index in [0.717, 1.165) is 115 Å². The topological polar surface area (TPSA) is 219 Å². The molecule has 6 aromatic rings. The Kier molecular flexibility index (Phi) is 28.8. The van der Waals surface area contributed by atoms with Crippen LogP contribution in [0.2, 0.25) is 20.1 Å². The first-order valence-electron chi connectivity index (χ1n) is 36.1. The van der Waals surface area contributed by atoms with Crippen LogP contribution in [-0.4, -0.2) is 167 Å². The summed E-state index contributed by atoms with van der Waals surface area (Å²) in [5.74, 6) is -0.303. The number of rotatable bonds is 18. The van der Waals surface area contributed by atoms with Crippen molar-refractivity contribution in [1.29, 1.82) is 15.8 Å². The molecule has 6 fully saturated rings. The van der Waals surface area contributed by atoms with E-state index >= 15 is 0 Å². The van der Waals surface area contributed by atoms with Gasteiger partial charge in [0.1, 0.15) is 5.82 Å². The fraction of sp³-hybridized carbons (Fsp3) is 0.468. The van der Waals surface area contributed by atoms with Crippen LogP contribution in [0.3, 0.4) is 0 Å². The average Bonchev–Trinajstić information content (AvgIpc) is 0.984. The van der Waals surface area contributed by atoms with Gasteiger partial charge in [0, 0.05) is 121 Å². The van der Waals surface area contributed by atoms with Gasteiger partial charge in [-0.3, -0.25) is 9.80 Å². The smallest absolute Gasteiger partial charge is 0.392 e. The molecule has 6 aromatic carbocycles. The van der Waals surface area contributed by atoms with E-state index in [1.165, 1.54) is 24.0 Å². The van der Waals surface area contributed by atoms with Crippen molar-refractivity contribution >= 4 is 81.6 Å². The fourth-order valence-corrected chi connectivity index (χ4v) is 16.6. The van der Waals surface area contributed by atoms with Gasteiger partial charge < -0.3 is 45.8 Å². The minimum absolute atomic E-state index is 0.0949. The number of anilines is 3. The number of alkyl halides is 3. The van der Waals surface area contributed by atoms with Crippen molar-refractivity contribution < 1.29 is 42.2 Å². The van der Waals surface area contributed by atoms with E-state index in [9.17, 15) is 57.9 Å². The lowest BCUT2D eigenvalue weighted by Crippen LogP contribution is -2.47. The maximum atomic E-state index is 13.7. The predicted octanol–water partition coefficient (Wildman–Crippen LogP) is 17.4. The van der Waals surface area contributed by atoms with Crippen molar-refractivity contribution in [2.75, 3.05) is 94.5 Å². The summed E-state index contributed by atoms with van der Waals surface area (Å²) in [5.41, 5.74) is 5.16. The van der Waals surface area contributed by atoms with Gasteiger partial charge in [-0.25, -0.2) is 18.8 Å². The van der Waals surface area contributed by atoms with Crippen LogP contribution in [0.4, 0.5) is 49.0 Å². The number of aliphatic hydroxyl groups excluding tert-OH is 2. The number of benzene rings is 6. The highest BCUT2D eigenvalue weighted by atomic mass is 35.5. The molecule has 104 heavy (non-hydrogen) atoms. The number of urea groups is 3. The molecule has 3 saturated heterocycles. The monoisotopic (exact) mass is 1500 g/mol. The van der Waals surface area contributed by atoms with Gasteiger partial charge in [-0.05, 0) is 241 Å². The summed E-state index contributed by atoms with van der Waals surface area (Å²) < 4.78 is 53.2. The lowest BCUT2D eigenvalue weighted by Gasteiger charge is -2.38. The first-order chi connectivity index (χ1) is 50.1. The van der Waals surface area contributed by atoms with Crippen molar-refractivity contribution in [3.63, 3.8) is 0 Å². The number of likely N-dealkylation sites (tertiary alicyclic amines) is 3. The molecule has 0 bridgehead atoms. The predicted molar refractivity (Wildman–Crippen MR) is 400 cm³/mol. The van der Waals surface area contributed by atoms with Crippen LogP contribution in [-0.2, 0) is 6.18 Å². The Morgan fingerprint density at radius 2 is 0.779 bits per heavy atom. The van der Waals surface area contributed by atoms with Crippen LogP contribution in [0.15, 0.2) is 127 Å². The Hall–Kier alpha value is -7.72. The first-order valence-corrected chi connectivity index (χ1v) is 37.6. The normalized spacial score (nSPS) is 22.1. The maximum absolute atomic E-state index is 13.7. The zero-order valence-electron chi connectivity index (χ0n) is 58.2. The summed E-state index contributed by atoms with van der Waals surface area (Å²) >= 11 is 24.5. The van der Waals surface area contributed by atoms with Gasteiger partial charge in [-0.15, -0.1) is 0 Å². The minimum Gasteiger partial charge on any atom is -0.392 e. The molecular weight excluding hydrogens is 1410 g/mol. The number of carbonyl (C=O) groups is 3. The minimum atomic E-state index is -4.87. The van der Waals surface area contributed by atoms with E-state index in [0.29, 0.717) is 137 Å². The Labute approximate surface area is 627 Å². The molecule has 0 aromatic heterocycles. The number of nitrogens with one attached hydrogen (secondary N) is 3. The summed E-state index contributed by atoms with van der Waals surface area (Å²) in [5, 5.41) is 57.8. The zero-order chi connectivity index (χ0) is 73.9. The second kappa shape index (κ2) is 38.0. The summed E-state index contributed by atoms with van der Waals surface area (Å²) in [7, 11) is 0. The Morgan fingerprint density at radius 3 is 1.10 bits per heavy atom. The number of hydrogen-bond donors (Lipinski definition) is 5. The molecule has 552 valence electrons. The third-order valence-electron chi connectivity index (χ3n) is 21.1.